The van der Waals surface area contributed by atoms with Crippen LogP contribution in [0.3, 0.4) is 0 Å². The fourth-order valence-electron chi connectivity index (χ4n) is 5.39. The number of hydrogen-bond donors (Lipinski definition) is 2. The van der Waals surface area contributed by atoms with Crippen molar-refractivity contribution in [1.82, 2.24) is 0 Å². The zero-order valence-electron chi connectivity index (χ0n) is 20.0. The van der Waals surface area contributed by atoms with E-state index in [1.807, 2.05) is 91.0 Å². The number of esters is 1. The number of benzene rings is 4. The van der Waals surface area contributed by atoms with Gasteiger partial charge in [0, 0.05) is 51.6 Å². The van der Waals surface area contributed by atoms with Crippen molar-refractivity contribution in [2.24, 2.45) is 0 Å². The van der Waals surface area contributed by atoms with Gasteiger partial charge in [0.25, 0.3) is 0 Å². The maximum atomic E-state index is 13.1. The predicted molar refractivity (Wildman–Crippen MR) is 145 cm³/mol. The summed E-state index contributed by atoms with van der Waals surface area (Å²) in [5.74, 6) is 0.965. The summed E-state index contributed by atoms with van der Waals surface area (Å²) in [5.41, 5.74) is 5.76. The highest BCUT2D eigenvalue weighted by atomic mass is 16.6. The lowest BCUT2D eigenvalue weighted by Crippen LogP contribution is -2.33. The van der Waals surface area contributed by atoms with Gasteiger partial charge in [-0.25, -0.2) is 4.79 Å². The summed E-state index contributed by atoms with van der Waals surface area (Å²) in [4.78, 5) is 13.1. The van der Waals surface area contributed by atoms with Gasteiger partial charge >= 0.3 is 5.97 Å². The van der Waals surface area contributed by atoms with Crippen LogP contribution in [0.15, 0.2) is 115 Å². The number of para-hydroxylation sites is 1. The van der Waals surface area contributed by atoms with Crippen LogP contribution in [-0.4, -0.2) is 5.97 Å². The van der Waals surface area contributed by atoms with Crippen molar-refractivity contribution in [2.75, 3.05) is 10.6 Å². The van der Waals surface area contributed by atoms with E-state index in [0.717, 1.165) is 52.3 Å². The molecule has 1 atom stereocenters. The predicted octanol–water partition coefficient (Wildman–Crippen LogP) is 7.64. The molecule has 0 bridgehead atoms. The second-order valence-electron chi connectivity index (χ2n) is 9.40. The lowest BCUT2D eigenvalue weighted by atomic mass is 9.77. The molecule has 3 aliphatic rings. The molecule has 7 rings (SSSR count). The Kier molecular flexibility index (Phi) is 4.89. The van der Waals surface area contributed by atoms with Crippen LogP contribution in [-0.2, 0) is 10.3 Å². The lowest BCUT2D eigenvalue weighted by Gasteiger charge is -2.37. The third-order valence-electron chi connectivity index (χ3n) is 7.06. The van der Waals surface area contributed by atoms with Gasteiger partial charge in [0.15, 0.2) is 5.60 Å². The van der Waals surface area contributed by atoms with Crippen molar-refractivity contribution in [1.29, 1.82) is 0 Å². The van der Waals surface area contributed by atoms with Gasteiger partial charge in [-0.1, -0.05) is 48.6 Å². The van der Waals surface area contributed by atoms with Gasteiger partial charge in [0.2, 0.25) is 0 Å². The Morgan fingerprint density at radius 1 is 0.676 bits per heavy atom. The van der Waals surface area contributed by atoms with Crippen LogP contribution < -0.4 is 15.4 Å². The smallest absolute Gasteiger partial charge is 0.340 e. The molecule has 0 saturated carbocycles. The fraction of sp³-hybridized carbons (Fsp3) is 0.0938. The van der Waals surface area contributed by atoms with E-state index in [0.29, 0.717) is 17.1 Å². The molecule has 0 saturated heterocycles. The number of anilines is 3. The highest BCUT2D eigenvalue weighted by Crippen LogP contribution is 2.56. The monoisotopic (exact) mass is 484 g/mol. The van der Waals surface area contributed by atoms with E-state index in [2.05, 4.69) is 28.9 Å². The Morgan fingerprint density at radius 3 is 2.11 bits per heavy atom. The maximum Gasteiger partial charge on any atom is 0.340 e. The minimum absolute atomic E-state index is 0.333. The molecule has 5 nitrogen and oxygen atoms in total. The SMILES string of the molecule is O=C1OC2(c3ccc(NC4=CCCC=C4)cc3Oc3cc(Nc4ccccc4)ccc32)c2ccccc21. The van der Waals surface area contributed by atoms with Crippen LogP contribution in [0.4, 0.5) is 17.1 Å². The molecule has 4 aromatic rings. The molecule has 180 valence electrons. The summed E-state index contributed by atoms with van der Waals surface area (Å²) >= 11 is 0. The van der Waals surface area contributed by atoms with Crippen molar-refractivity contribution in [3.05, 3.63) is 137 Å². The van der Waals surface area contributed by atoms with Crippen LogP contribution in [0.2, 0.25) is 0 Å². The van der Waals surface area contributed by atoms with Crippen LogP contribution in [0.1, 0.15) is 39.9 Å². The van der Waals surface area contributed by atoms with Crippen molar-refractivity contribution in [2.45, 2.75) is 18.4 Å². The quantitative estimate of drug-likeness (QED) is 0.292. The molecule has 37 heavy (non-hydrogen) atoms. The van der Waals surface area contributed by atoms with E-state index in [1.165, 1.54) is 0 Å². The summed E-state index contributed by atoms with van der Waals surface area (Å²) in [6.45, 7) is 0. The van der Waals surface area contributed by atoms with Gasteiger partial charge < -0.3 is 20.1 Å². The number of ether oxygens (including phenoxy) is 2. The highest BCUT2D eigenvalue weighted by Gasteiger charge is 2.53. The highest BCUT2D eigenvalue weighted by molar-refractivity contribution is 5.97. The maximum absolute atomic E-state index is 13.1. The van der Waals surface area contributed by atoms with Crippen LogP contribution in [0, 0.1) is 0 Å². The van der Waals surface area contributed by atoms with E-state index in [4.69, 9.17) is 9.47 Å². The largest absolute Gasteiger partial charge is 0.456 e. The van der Waals surface area contributed by atoms with Crippen molar-refractivity contribution in [3.63, 3.8) is 0 Å². The normalized spacial score (nSPS) is 18.7. The molecule has 0 aromatic heterocycles. The average Bonchev–Trinajstić information content (AvgIpc) is 3.22. The number of allylic oxidation sites excluding steroid dienone is 3. The second-order valence-corrected chi connectivity index (χ2v) is 9.40. The third kappa shape index (κ3) is 3.51. The Morgan fingerprint density at radius 2 is 1.38 bits per heavy atom. The first kappa shape index (κ1) is 21.5. The Hall–Kier alpha value is -4.77. The number of fused-ring (bicyclic) bond motifs is 6. The van der Waals surface area contributed by atoms with Gasteiger partial charge in [-0.05, 0) is 61.4 Å². The van der Waals surface area contributed by atoms with Gasteiger partial charge in [0.05, 0.1) is 5.56 Å². The fourth-order valence-corrected chi connectivity index (χ4v) is 5.39. The Labute approximate surface area is 215 Å². The summed E-state index contributed by atoms with van der Waals surface area (Å²) < 4.78 is 12.8. The van der Waals surface area contributed by atoms with Gasteiger partial charge in [-0.3, -0.25) is 0 Å². The van der Waals surface area contributed by atoms with Gasteiger partial charge in [-0.15, -0.1) is 0 Å². The minimum atomic E-state index is -1.08. The number of hydrogen-bond acceptors (Lipinski definition) is 5. The molecule has 2 heterocycles. The molecule has 2 N–H and O–H groups in total. The number of nitrogens with one attached hydrogen (secondary N) is 2. The van der Waals surface area contributed by atoms with Gasteiger partial charge in [0.1, 0.15) is 11.5 Å². The molecule has 5 heteroatoms. The Balaban J connectivity index is 1.37. The van der Waals surface area contributed by atoms with Crippen molar-refractivity contribution >= 4 is 23.0 Å². The first-order valence-corrected chi connectivity index (χ1v) is 12.5. The summed E-state index contributed by atoms with van der Waals surface area (Å²) in [5, 5.41) is 6.92. The standard InChI is InChI=1S/C32H24N2O3/c35-31-25-13-7-8-14-26(25)32(37-31)27-17-15-23(33-21-9-3-1-4-10-21)19-29(27)36-30-20-24(16-18-28(30)32)34-22-11-5-2-6-12-22/h1,3-5,7-20,33-34H,2,6H2. The summed E-state index contributed by atoms with van der Waals surface area (Å²) in [7, 11) is 0. The molecule has 2 aliphatic heterocycles. The zero-order valence-corrected chi connectivity index (χ0v) is 20.0. The molecular weight excluding hydrogens is 460 g/mol. The van der Waals surface area contributed by atoms with Gasteiger partial charge in [-0.2, -0.15) is 0 Å². The molecule has 0 fully saturated rings. The first-order chi connectivity index (χ1) is 18.2. The molecule has 4 aromatic carbocycles. The van der Waals surface area contributed by atoms with E-state index in [-0.39, 0.29) is 5.97 Å². The summed E-state index contributed by atoms with van der Waals surface area (Å²) in [6.07, 6.45) is 8.52. The molecule has 0 radical (unpaired) electrons. The second kappa shape index (κ2) is 8.42. The van der Waals surface area contributed by atoms with Crippen LogP contribution in [0.5, 0.6) is 11.5 Å². The topological polar surface area (TPSA) is 59.6 Å². The van der Waals surface area contributed by atoms with Crippen LogP contribution in [0.25, 0.3) is 0 Å². The van der Waals surface area contributed by atoms with Crippen molar-refractivity contribution < 1.29 is 14.3 Å². The molecule has 1 aliphatic carbocycles. The molecular formula is C32H24N2O3. The van der Waals surface area contributed by atoms with E-state index in [9.17, 15) is 4.79 Å². The van der Waals surface area contributed by atoms with E-state index < -0.39 is 5.60 Å². The minimum Gasteiger partial charge on any atom is -0.456 e. The number of rotatable bonds is 4. The molecule has 0 amide bonds. The van der Waals surface area contributed by atoms with E-state index >= 15 is 0 Å². The number of carbonyl (C=O) groups is 1. The average molecular weight is 485 g/mol. The number of carbonyl (C=O) groups excluding carboxylic acids is 1. The third-order valence-corrected chi connectivity index (χ3v) is 7.06. The zero-order chi connectivity index (χ0) is 24.8. The summed E-state index contributed by atoms with van der Waals surface area (Å²) in [6, 6.07) is 29.5. The van der Waals surface area contributed by atoms with E-state index in [1.54, 1.807) is 0 Å². The lowest BCUT2D eigenvalue weighted by molar-refractivity contribution is 0.0224. The Bertz CT molecular complexity index is 1610. The van der Waals surface area contributed by atoms with Crippen LogP contribution >= 0.6 is 0 Å². The molecule has 1 spiro atoms. The van der Waals surface area contributed by atoms with Crippen molar-refractivity contribution in [3.8, 4) is 11.5 Å². The first-order valence-electron chi connectivity index (χ1n) is 12.5. The molecule has 1 unspecified atom stereocenters.